The Morgan fingerprint density at radius 3 is 1.57 bits per heavy atom. The summed E-state index contributed by atoms with van der Waals surface area (Å²) >= 11 is 0. The summed E-state index contributed by atoms with van der Waals surface area (Å²) in [5, 5.41) is 0. The van der Waals surface area contributed by atoms with Crippen LogP contribution in [0.2, 0.25) is 0 Å². The Hall–Kier alpha value is -1.76. The van der Waals surface area contributed by atoms with Crippen molar-refractivity contribution in [3.8, 4) is 5.75 Å². The van der Waals surface area contributed by atoms with Crippen LogP contribution in [0.15, 0.2) is 53.4 Å². The van der Waals surface area contributed by atoms with Gasteiger partial charge in [-0.3, -0.25) is 0 Å². The van der Waals surface area contributed by atoms with Crippen LogP contribution in [0.3, 0.4) is 0 Å². The lowest BCUT2D eigenvalue weighted by atomic mass is 10.0. The molecule has 23 heavy (non-hydrogen) atoms. The standard InChI is InChI=1S/C16H17F5OS/c1-2-22-15-9-5-13(6-10-15)3-4-14-7-11-16(12-8-14)23(17,18,19,20)21/h5-12H,2-4H2,1H3. The van der Waals surface area contributed by atoms with Crippen molar-refractivity contribution >= 4 is 10.2 Å². The lowest BCUT2D eigenvalue weighted by Crippen LogP contribution is -2.06. The molecule has 0 heterocycles. The van der Waals surface area contributed by atoms with E-state index in [2.05, 4.69) is 0 Å². The maximum atomic E-state index is 12.6. The topological polar surface area (TPSA) is 9.23 Å². The predicted molar refractivity (Wildman–Crippen MR) is 82.9 cm³/mol. The molecular weight excluding hydrogens is 335 g/mol. The molecule has 0 aliphatic rings. The highest BCUT2D eigenvalue weighted by Crippen LogP contribution is 3.02. The fraction of sp³-hybridized carbons (Fsp3) is 0.250. The van der Waals surface area contributed by atoms with E-state index in [9.17, 15) is 19.4 Å². The van der Waals surface area contributed by atoms with Crippen LogP contribution in [-0.4, -0.2) is 6.61 Å². The smallest absolute Gasteiger partial charge is 0.310 e. The molecule has 1 nitrogen and oxygen atoms in total. The minimum Gasteiger partial charge on any atom is -0.494 e. The number of benzene rings is 2. The molecule has 2 rings (SSSR count). The average molecular weight is 352 g/mol. The first-order chi connectivity index (χ1) is 10.5. The molecule has 0 aliphatic carbocycles. The Labute approximate surface area is 131 Å². The summed E-state index contributed by atoms with van der Waals surface area (Å²) < 4.78 is 68.4. The van der Waals surface area contributed by atoms with Crippen LogP contribution < -0.4 is 4.74 Å². The van der Waals surface area contributed by atoms with Gasteiger partial charge in [0.25, 0.3) is 0 Å². The molecule has 0 atom stereocenters. The third kappa shape index (κ3) is 5.13. The van der Waals surface area contributed by atoms with E-state index >= 15 is 0 Å². The lowest BCUT2D eigenvalue weighted by molar-refractivity contribution is 0.340. The van der Waals surface area contributed by atoms with Crippen LogP contribution in [0.25, 0.3) is 0 Å². The van der Waals surface area contributed by atoms with E-state index in [1.807, 2.05) is 31.2 Å². The molecule has 2 aromatic rings. The van der Waals surface area contributed by atoms with Crippen molar-refractivity contribution in [2.45, 2.75) is 24.7 Å². The quantitative estimate of drug-likeness (QED) is 0.537. The largest absolute Gasteiger partial charge is 0.494 e. The van der Waals surface area contributed by atoms with Crippen molar-refractivity contribution in [1.82, 2.24) is 0 Å². The number of ether oxygens (including phenoxy) is 1. The van der Waals surface area contributed by atoms with Crippen molar-refractivity contribution in [2.24, 2.45) is 0 Å². The van der Waals surface area contributed by atoms with Gasteiger partial charge in [0.05, 0.1) is 6.61 Å². The summed E-state index contributed by atoms with van der Waals surface area (Å²) in [6.07, 6.45) is 1.07. The molecule has 0 saturated heterocycles. The first-order valence-electron chi connectivity index (χ1n) is 7.03. The number of rotatable bonds is 6. The van der Waals surface area contributed by atoms with Gasteiger partial charge in [-0.25, -0.2) is 0 Å². The summed E-state index contributed by atoms with van der Waals surface area (Å²) in [4.78, 5) is -1.85. The first-order valence-corrected chi connectivity index (χ1v) is 8.98. The van der Waals surface area contributed by atoms with Gasteiger partial charge < -0.3 is 4.74 Å². The highest BCUT2D eigenvalue weighted by molar-refractivity contribution is 8.45. The Bertz CT molecular complexity index is 663. The molecule has 0 N–H and O–H groups in total. The molecular formula is C16H17F5OS. The van der Waals surface area contributed by atoms with Gasteiger partial charge in [0.2, 0.25) is 0 Å². The van der Waals surface area contributed by atoms with Gasteiger partial charge in [-0.05, 0) is 55.2 Å². The van der Waals surface area contributed by atoms with E-state index in [1.54, 1.807) is 0 Å². The predicted octanol–water partition coefficient (Wildman–Crippen LogP) is 6.53. The first kappa shape index (κ1) is 17.6. The van der Waals surface area contributed by atoms with Crippen LogP contribution in [0.5, 0.6) is 5.75 Å². The van der Waals surface area contributed by atoms with Crippen molar-refractivity contribution < 1.29 is 24.2 Å². The summed E-state index contributed by atoms with van der Waals surface area (Å²) in [6, 6.07) is 10.5. The van der Waals surface area contributed by atoms with Gasteiger partial charge in [-0.1, -0.05) is 43.7 Å². The molecule has 0 bridgehead atoms. The molecule has 0 fully saturated rings. The number of hydrogen-bond acceptors (Lipinski definition) is 1. The molecule has 2 aromatic carbocycles. The summed E-state index contributed by atoms with van der Waals surface area (Å²) in [6.45, 7) is 2.45. The Morgan fingerprint density at radius 2 is 1.17 bits per heavy atom. The van der Waals surface area contributed by atoms with Crippen LogP contribution in [0.1, 0.15) is 18.1 Å². The van der Waals surface area contributed by atoms with E-state index in [0.29, 0.717) is 37.1 Å². The third-order valence-corrected chi connectivity index (χ3v) is 4.47. The zero-order valence-electron chi connectivity index (χ0n) is 12.4. The number of hydrogen-bond donors (Lipinski definition) is 0. The highest BCUT2D eigenvalue weighted by Gasteiger charge is 2.65. The Balaban J connectivity index is 2.02. The fourth-order valence-corrected chi connectivity index (χ4v) is 2.77. The monoisotopic (exact) mass is 352 g/mol. The van der Waals surface area contributed by atoms with E-state index in [-0.39, 0.29) is 0 Å². The molecule has 0 radical (unpaired) electrons. The summed E-state index contributed by atoms with van der Waals surface area (Å²) in [5.74, 6) is 0.747. The van der Waals surface area contributed by atoms with Gasteiger partial charge in [0.1, 0.15) is 10.6 Å². The Morgan fingerprint density at radius 1 is 0.739 bits per heavy atom. The molecule has 0 amide bonds. The summed E-state index contributed by atoms with van der Waals surface area (Å²) in [7, 11) is -9.58. The molecule has 0 unspecified atom stereocenters. The zero-order valence-corrected chi connectivity index (χ0v) is 13.3. The van der Waals surface area contributed by atoms with Gasteiger partial charge in [0.15, 0.2) is 0 Å². The van der Waals surface area contributed by atoms with Crippen molar-refractivity contribution in [1.29, 1.82) is 0 Å². The van der Waals surface area contributed by atoms with E-state index in [4.69, 9.17) is 4.74 Å². The van der Waals surface area contributed by atoms with E-state index in [0.717, 1.165) is 23.4 Å². The van der Waals surface area contributed by atoms with Gasteiger partial charge in [-0.2, -0.15) is 0 Å². The fourth-order valence-electron chi connectivity index (χ4n) is 2.12. The number of halogens is 5. The van der Waals surface area contributed by atoms with Crippen LogP contribution in [0, 0.1) is 0 Å². The lowest BCUT2D eigenvalue weighted by Gasteiger charge is -2.40. The SMILES string of the molecule is CCOc1ccc(CCc2ccc(S(F)(F)(F)(F)F)cc2)cc1. The maximum Gasteiger partial charge on any atom is 0.310 e. The molecule has 0 saturated carbocycles. The van der Waals surface area contributed by atoms with Crippen molar-refractivity contribution in [3.05, 3.63) is 59.7 Å². The second kappa shape index (κ2) is 5.40. The molecule has 128 valence electrons. The average Bonchev–Trinajstić information content (AvgIpc) is 2.45. The van der Waals surface area contributed by atoms with Gasteiger partial charge in [0, 0.05) is 0 Å². The molecule has 0 aliphatic heterocycles. The molecule has 7 heteroatoms. The van der Waals surface area contributed by atoms with Crippen LogP contribution in [-0.2, 0) is 12.8 Å². The minimum absolute atomic E-state index is 0.453. The number of aryl methyl sites for hydroxylation is 2. The van der Waals surface area contributed by atoms with E-state index < -0.39 is 15.1 Å². The Kier molecular flexibility index (Phi) is 4.13. The van der Waals surface area contributed by atoms with Crippen LogP contribution >= 0.6 is 10.2 Å². The maximum absolute atomic E-state index is 12.6. The minimum atomic E-state index is -9.58. The third-order valence-electron chi connectivity index (χ3n) is 3.31. The molecule has 0 spiro atoms. The van der Waals surface area contributed by atoms with Gasteiger partial charge >= 0.3 is 10.2 Å². The molecule has 0 aromatic heterocycles. The van der Waals surface area contributed by atoms with Crippen LogP contribution in [0.4, 0.5) is 19.4 Å². The van der Waals surface area contributed by atoms with Crippen molar-refractivity contribution in [2.75, 3.05) is 6.61 Å². The normalized spacial score (nSPS) is 14.9. The van der Waals surface area contributed by atoms with E-state index in [1.165, 1.54) is 0 Å². The highest BCUT2D eigenvalue weighted by atomic mass is 32.5. The van der Waals surface area contributed by atoms with Crippen molar-refractivity contribution in [3.63, 3.8) is 0 Å². The van der Waals surface area contributed by atoms with Gasteiger partial charge in [-0.15, -0.1) is 0 Å². The zero-order chi connectivity index (χ0) is 17.2. The second-order valence-electron chi connectivity index (χ2n) is 5.19. The summed E-state index contributed by atoms with van der Waals surface area (Å²) in [5.41, 5.74) is 1.56. The second-order valence-corrected chi connectivity index (χ2v) is 7.60.